The lowest BCUT2D eigenvalue weighted by atomic mass is 10.1. The van der Waals surface area contributed by atoms with Gasteiger partial charge in [-0.15, -0.1) is 5.10 Å². The zero-order chi connectivity index (χ0) is 15.4. The summed E-state index contributed by atoms with van der Waals surface area (Å²) in [4.78, 5) is 22.9. The van der Waals surface area contributed by atoms with Gasteiger partial charge in [0.25, 0.3) is 5.91 Å². The maximum Gasteiger partial charge on any atom is 0.305 e. The number of benzene rings is 1. The first-order valence-electron chi connectivity index (χ1n) is 6.03. The highest BCUT2D eigenvalue weighted by Crippen LogP contribution is 2.19. The topological polar surface area (TPSA) is 110 Å². The Balaban J connectivity index is 2.28. The summed E-state index contributed by atoms with van der Waals surface area (Å²) in [6, 6.07) is 4.17. The van der Waals surface area contributed by atoms with Crippen LogP contribution < -0.4 is 5.32 Å². The van der Waals surface area contributed by atoms with Gasteiger partial charge in [0.15, 0.2) is 0 Å². The van der Waals surface area contributed by atoms with E-state index in [1.54, 1.807) is 19.1 Å². The Labute approximate surface area is 124 Å². The van der Waals surface area contributed by atoms with E-state index in [2.05, 4.69) is 20.8 Å². The van der Waals surface area contributed by atoms with Gasteiger partial charge in [0.2, 0.25) is 0 Å². The van der Waals surface area contributed by atoms with Crippen LogP contribution in [0.3, 0.4) is 0 Å². The average Bonchev–Trinajstić information content (AvgIpc) is 2.91. The molecule has 2 rings (SSSR count). The minimum absolute atomic E-state index is 0.174. The summed E-state index contributed by atoms with van der Waals surface area (Å²) in [5, 5.41) is 22.4. The van der Waals surface area contributed by atoms with E-state index in [0.717, 1.165) is 0 Å². The Kier molecular flexibility index (Phi) is 4.49. The van der Waals surface area contributed by atoms with Gasteiger partial charge in [-0.1, -0.05) is 11.6 Å². The molecule has 0 bridgehead atoms. The van der Waals surface area contributed by atoms with E-state index in [9.17, 15) is 9.59 Å². The maximum absolute atomic E-state index is 12.3. The maximum atomic E-state index is 12.3. The molecule has 2 N–H and O–H groups in total. The number of halogens is 1. The molecule has 0 fully saturated rings. The quantitative estimate of drug-likeness (QED) is 0.849. The lowest BCUT2D eigenvalue weighted by Gasteiger charge is -2.14. The Morgan fingerprint density at radius 2 is 2.24 bits per heavy atom. The fraction of sp³-hybridized carbons (Fsp3) is 0.250. The molecule has 0 spiro atoms. The molecule has 2 aromatic rings. The van der Waals surface area contributed by atoms with E-state index >= 15 is 0 Å². The van der Waals surface area contributed by atoms with E-state index in [4.69, 9.17) is 16.7 Å². The predicted molar refractivity (Wildman–Crippen MR) is 73.3 cm³/mol. The fourth-order valence-electron chi connectivity index (χ4n) is 1.78. The van der Waals surface area contributed by atoms with E-state index in [1.807, 2.05) is 0 Å². The summed E-state index contributed by atoms with van der Waals surface area (Å²) in [5.74, 6) is -1.44. The summed E-state index contributed by atoms with van der Waals surface area (Å²) < 4.78 is 1.33. The summed E-state index contributed by atoms with van der Waals surface area (Å²) in [5.41, 5.74) is 0.705. The molecule has 21 heavy (non-hydrogen) atoms. The number of aromatic nitrogens is 4. The average molecular weight is 310 g/mol. The largest absolute Gasteiger partial charge is 0.481 e. The normalized spacial score (nSPS) is 11.9. The molecule has 0 aliphatic carbocycles. The zero-order valence-corrected chi connectivity index (χ0v) is 11.8. The van der Waals surface area contributed by atoms with Crippen molar-refractivity contribution in [3.8, 4) is 5.69 Å². The van der Waals surface area contributed by atoms with E-state index in [-0.39, 0.29) is 12.0 Å². The van der Waals surface area contributed by atoms with Crippen molar-refractivity contribution in [3.05, 3.63) is 35.1 Å². The SMILES string of the molecule is CC(CC(=O)O)NC(=O)c1cc(Cl)ccc1-n1cnnn1. The second-order valence-corrected chi connectivity index (χ2v) is 4.82. The van der Waals surface area contributed by atoms with Crippen LogP contribution in [0.4, 0.5) is 0 Å². The molecule has 1 heterocycles. The predicted octanol–water partition coefficient (Wildman–Crippen LogP) is 0.909. The Morgan fingerprint density at radius 1 is 1.48 bits per heavy atom. The number of amides is 1. The van der Waals surface area contributed by atoms with Crippen molar-refractivity contribution >= 4 is 23.5 Å². The lowest BCUT2D eigenvalue weighted by molar-refractivity contribution is -0.137. The Hall–Kier alpha value is -2.48. The Bertz CT molecular complexity index is 659. The molecular weight excluding hydrogens is 298 g/mol. The lowest BCUT2D eigenvalue weighted by Crippen LogP contribution is -2.34. The summed E-state index contributed by atoms with van der Waals surface area (Å²) in [7, 11) is 0. The van der Waals surface area contributed by atoms with Crippen LogP contribution in [0.25, 0.3) is 5.69 Å². The van der Waals surface area contributed by atoms with Gasteiger partial charge in [-0.2, -0.15) is 4.68 Å². The van der Waals surface area contributed by atoms with Crippen molar-refractivity contribution in [1.29, 1.82) is 0 Å². The highest BCUT2D eigenvalue weighted by molar-refractivity contribution is 6.31. The van der Waals surface area contributed by atoms with Crippen LogP contribution in [0.5, 0.6) is 0 Å². The van der Waals surface area contributed by atoms with E-state index in [1.165, 1.54) is 17.1 Å². The number of aliphatic carboxylic acids is 1. The van der Waals surface area contributed by atoms with E-state index in [0.29, 0.717) is 10.7 Å². The van der Waals surface area contributed by atoms with Crippen molar-refractivity contribution in [2.24, 2.45) is 0 Å². The minimum atomic E-state index is -0.991. The molecule has 1 amide bonds. The molecule has 0 aliphatic heterocycles. The third-order valence-corrected chi connectivity index (χ3v) is 2.89. The highest BCUT2D eigenvalue weighted by atomic mass is 35.5. The minimum Gasteiger partial charge on any atom is -0.481 e. The van der Waals surface area contributed by atoms with Gasteiger partial charge in [0.05, 0.1) is 17.7 Å². The van der Waals surface area contributed by atoms with Crippen LogP contribution in [0, 0.1) is 0 Å². The van der Waals surface area contributed by atoms with Crippen LogP contribution in [0.1, 0.15) is 23.7 Å². The molecule has 0 aliphatic rings. The van der Waals surface area contributed by atoms with Crippen LogP contribution in [0.2, 0.25) is 5.02 Å². The number of hydrogen-bond donors (Lipinski definition) is 2. The van der Waals surface area contributed by atoms with Crippen LogP contribution >= 0.6 is 11.6 Å². The number of nitrogens with zero attached hydrogens (tertiary/aromatic N) is 4. The van der Waals surface area contributed by atoms with Gasteiger partial charge >= 0.3 is 5.97 Å². The standard InChI is InChI=1S/C12H12ClN5O3/c1-7(4-11(19)20)15-12(21)9-5-8(13)2-3-10(9)18-6-14-16-17-18/h2-3,5-7H,4H2,1H3,(H,15,21)(H,19,20). The van der Waals surface area contributed by atoms with Gasteiger partial charge < -0.3 is 10.4 Å². The third-order valence-electron chi connectivity index (χ3n) is 2.66. The summed E-state index contributed by atoms with van der Waals surface area (Å²) in [6.07, 6.45) is 1.17. The summed E-state index contributed by atoms with van der Waals surface area (Å²) >= 11 is 5.91. The first-order valence-corrected chi connectivity index (χ1v) is 6.40. The number of tetrazole rings is 1. The first-order chi connectivity index (χ1) is 9.97. The molecular formula is C12H12ClN5O3. The highest BCUT2D eigenvalue weighted by Gasteiger charge is 2.17. The van der Waals surface area contributed by atoms with Crippen molar-refractivity contribution in [2.75, 3.05) is 0 Å². The molecule has 0 saturated heterocycles. The number of rotatable bonds is 5. The molecule has 1 unspecified atom stereocenters. The van der Waals surface area contributed by atoms with Gasteiger partial charge in [-0.25, -0.2) is 0 Å². The van der Waals surface area contributed by atoms with Gasteiger partial charge in [-0.3, -0.25) is 9.59 Å². The molecule has 1 atom stereocenters. The number of carbonyl (C=O) groups is 2. The first kappa shape index (κ1) is 14.9. The molecule has 1 aromatic carbocycles. The number of hydrogen-bond acceptors (Lipinski definition) is 5. The fourth-order valence-corrected chi connectivity index (χ4v) is 1.95. The monoisotopic (exact) mass is 309 g/mol. The number of carboxylic acid groups (broad SMARTS) is 1. The van der Waals surface area contributed by atoms with Gasteiger partial charge in [0.1, 0.15) is 6.33 Å². The van der Waals surface area contributed by atoms with Crippen molar-refractivity contribution < 1.29 is 14.7 Å². The van der Waals surface area contributed by atoms with Crippen LogP contribution in [-0.4, -0.2) is 43.2 Å². The molecule has 1 aromatic heterocycles. The second-order valence-electron chi connectivity index (χ2n) is 4.39. The van der Waals surface area contributed by atoms with Crippen LogP contribution in [0.15, 0.2) is 24.5 Å². The van der Waals surface area contributed by atoms with E-state index < -0.39 is 17.9 Å². The summed E-state index contributed by atoms with van der Waals surface area (Å²) in [6.45, 7) is 1.60. The zero-order valence-electron chi connectivity index (χ0n) is 11.0. The molecule has 8 nitrogen and oxygen atoms in total. The molecule has 110 valence electrons. The van der Waals surface area contributed by atoms with Gasteiger partial charge in [-0.05, 0) is 35.5 Å². The third kappa shape index (κ3) is 3.76. The number of nitrogens with one attached hydrogen (secondary N) is 1. The van der Waals surface area contributed by atoms with Crippen LogP contribution in [-0.2, 0) is 4.79 Å². The molecule has 9 heteroatoms. The number of carboxylic acids is 1. The smallest absolute Gasteiger partial charge is 0.305 e. The Morgan fingerprint density at radius 3 is 2.86 bits per heavy atom. The van der Waals surface area contributed by atoms with Gasteiger partial charge in [0, 0.05) is 11.1 Å². The number of carbonyl (C=O) groups excluding carboxylic acids is 1. The molecule has 0 radical (unpaired) electrons. The second kappa shape index (κ2) is 6.31. The van der Waals surface area contributed by atoms with Crippen molar-refractivity contribution in [3.63, 3.8) is 0 Å². The molecule has 0 saturated carbocycles. The van der Waals surface area contributed by atoms with Crippen molar-refractivity contribution in [2.45, 2.75) is 19.4 Å². The van der Waals surface area contributed by atoms with Crippen molar-refractivity contribution in [1.82, 2.24) is 25.5 Å².